The fourth-order valence-electron chi connectivity index (χ4n) is 4.19. The average molecular weight is 441 g/mol. The van der Waals surface area contributed by atoms with E-state index in [1.165, 1.54) is 4.90 Å². The molecule has 1 aliphatic heterocycles. The highest BCUT2D eigenvalue weighted by Gasteiger charge is 2.27. The normalized spacial score (nSPS) is 17.0. The van der Waals surface area contributed by atoms with Gasteiger partial charge in [-0.1, -0.05) is 6.07 Å². The third-order valence-electron chi connectivity index (χ3n) is 5.99. The summed E-state index contributed by atoms with van der Waals surface area (Å²) < 4.78 is 18.5. The third kappa shape index (κ3) is 3.91. The predicted octanol–water partition coefficient (Wildman–Crippen LogP) is 3.00. The Balaban J connectivity index is 1.71. The van der Waals surface area contributed by atoms with Crippen molar-refractivity contribution in [1.82, 2.24) is 14.4 Å². The Hall–Kier alpha value is -3.46. The van der Waals surface area contributed by atoms with Crippen LogP contribution in [0, 0.1) is 0 Å². The molecule has 3 aromatic rings. The van der Waals surface area contributed by atoms with Crippen molar-refractivity contribution in [3.63, 3.8) is 0 Å². The minimum Gasteiger partial charge on any atom is -0.493 e. The third-order valence-corrected chi connectivity index (χ3v) is 5.99. The molecule has 1 saturated heterocycles. The summed E-state index contributed by atoms with van der Waals surface area (Å²) in [6.45, 7) is 3.97. The van der Waals surface area contributed by atoms with Crippen LogP contribution >= 0.6 is 0 Å². The fourth-order valence-corrected chi connectivity index (χ4v) is 4.19. The average Bonchev–Trinajstić information content (AvgIpc) is 3.21. The van der Waals surface area contributed by atoms with E-state index in [0.29, 0.717) is 54.4 Å². The molecule has 1 atom stereocenters. The minimum atomic E-state index is -0.900. The van der Waals surface area contributed by atoms with Gasteiger partial charge in [0.15, 0.2) is 11.5 Å². The summed E-state index contributed by atoms with van der Waals surface area (Å²) in [4.78, 5) is 27.6. The van der Waals surface area contributed by atoms with Gasteiger partial charge in [-0.3, -0.25) is 9.69 Å². The van der Waals surface area contributed by atoms with Crippen molar-refractivity contribution < 1.29 is 23.8 Å². The number of hydrogen-bond donors (Lipinski definition) is 1. The van der Waals surface area contributed by atoms with E-state index < -0.39 is 6.09 Å². The van der Waals surface area contributed by atoms with E-state index >= 15 is 0 Å². The zero-order chi connectivity index (χ0) is 23.0. The molecule has 170 valence electrons. The predicted molar refractivity (Wildman–Crippen MR) is 119 cm³/mol. The lowest BCUT2D eigenvalue weighted by Crippen LogP contribution is -2.52. The van der Waals surface area contributed by atoms with Gasteiger partial charge in [0.1, 0.15) is 11.3 Å². The number of benzene rings is 1. The number of carbonyl (C=O) groups is 1. The SMILES string of the molecule is COc1ccc(-c2cn(C)c(=O)c3cc(CN4CCN(C(=O)O)CC4C)oc23)cc1OC. The van der Waals surface area contributed by atoms with Gasteiger partial charge in [0.2, 0.25) is 0 Å². The molecule has 0 saturated carbocycles. The number of piperazine rings is 1. The lowest BCUT2D eigenvalue weighted by atomic mass is 10.1. The Morgan fingerprint density at radius 2 is 1.94 bits per heavy atom. The maximum absolute atomic E-state index is 12.8. The van der Waals surface area contributed by atoms with Crippen molar-refractivity contribution in [1.29, 1.82) is 0 Å². The molecule has 3 heterocycles. The number of pyridine rings is 1. The van der Waals surface area contributed by atoms with Crippen LogP contribution in [-0.2, 0) is 13.6 Å². The maximum Gasteiger partial charge on any atom is 0.407 e. The maximum atomic E-state index is 12.8. The number of rotatable bonds is 5. The number of carboxylic acid groups (broad SMARTS) is 1. The number of amides is 1. The van der Waals surface area contributed by atoms with Gasteiger partial charge < -0.3 is 28.5 Å². The molecule has 1 unspecified atom stereocenters. The molecule has 4 rings (SSSR count). The number of methoxy groups -OCH3 is 2. The van der Waals surface area contributed by atoms with E-state index in [2.05, 4.69) is 4.90 Å². The molecule has 2 aromatic heterocycles. The molecule has 0 bridgehead atoms. The Labute approximate surface area is 185 Å². The molecule has 9 heteroatoms. The van der Waals surface area contributed by atoms with E-state index in [1.54, 1.807) is 38.1 Å². The first-order valence-corrected chi connectivity index (χ1v) is 10.4. The molecule has 1 N–H and O–H groups in total. The zero-order valence-corrected chi connectivity index (χ0v) is 18.6. The first kappa shape index (κ1) is 21.8. The number of hydrogen-bond acceptors (Lipinski definition) is 6. The van der Waals surface area contributed by atoms with Gasteiger partial charge in [0.05, 0.1) is 26.2 Å². The summed E-state index contributed by atoms with van der Waals surface area (Å²) in [5, 5.41) is 9.73. The van der Waals surface area contributed by atoms with Gasteiger partial charge in [-0.25, -0.2) is 4.79 Å². The number of nitrogens with zero attached hydrogens (tertiary/aromatic N) is 3. The number of ether oxygens (including phenoxy) is 2. The first-order valence-electron chi connectivity index (χ1n) is 10.4. The van der Waals surface area contributed by atoms with Gasteiger partial charge in [0, 0.05) is 44.5 Å². The van der Waals surface area contributed by atoms with E-state index in [-0.39, 0.29) is 11.6 Å². The largest absolute Gasteiger partial charge is 0.493 e. The highest BCUT2D eigenvalue weighted by molar-refractivity contribution is 5.92. The molecule has 0 aliphatic carbocycles. The van der Waals surface area contributed by atoms with Crippen molar-refractivity contribution in [2.24, 2.45) is 7.05 Å². The van der Waals surface area contributed by atoms with Crippen LogP contribution in [0.15, 0.2) is 39.7 Å². The first-order chi connectivity index (χ1) is 15.3. The quantitative estimate of drug-likeness (QED) is 0.650. The second-order valence-electron chi connectivity index (χ2n) is 8.03. The van der Waals surface area contributed by atoms with E-state index in [1.807, 2.05) is 25.1 Å². The van der Waals surface area contributed by atoms with Crippen LogP contribution in [0.2, 0.25) is 0 Å². The standard InChI is InChI=1S/C23H27N3O6/c1-14-11-26(23(28)29)8-7-25(14)12-16-10-17-21(32-16)18(13-24(2)22(17)27)15-5-6-19(30-3)20(9-15)31-4/h5-6,9-10,13-14H,7-8,11-12H2,1-4H3,(H,28,29). The molecule has 9 nitrogen and oxygen atoms in total. The van der Waals surface area contributed by atoms with Crippen LogP contribution in [0.4, 0.5) is 4.79 Å². The van der Waals surface area contributed by atoms with E-state index in [9.17, 15) is 14.7 Å². The molecule has 0 spiro atoms. The van der Waals surface area contributed by atoms with Crippen molar-refractivity contribution in [2.75, 3.05) is 33.9 Å². The smallest absolute Gasteiger partial charge is 0.407 e. The summed E-state index contributed by atoms with van der Waals surface area (Å²) in [5.74, 6) is 1.87. The highest BCUT2D eigenvalue weighted by atomic mass is 16.5. The molecule has 1 amide bonds. The topological polar surface area (TPSA) is 97.4 Å². The monoisotopic (exact) mass is 441 g/mol. The van der Waals surface area contributed by atoms with Crippen LogP contribution in [0.5, 0.6) is 11.5 Å². The van der Waals surface area contributed by atoms with Crippen LogP contribution < -0.4 is 15.0 Å². The van der Waals surface area contributed by atoms with Crippen LogP contribution in [0.3, 0.4) is 0 Å². The van der Waals surface area contributed by atoms with Crippen molar-refractivity contribution in [3.8, 4) is 22.6 Å². The molecule has 1 aromatic carbocycles. The number of furan rings is 1. The van der Waals surface area contributed by atoms with Gasteiger partial charge in [-0.05, 0) is 30.7 Å². The second kappa shape index (κ2) is 8.58. The Morgan fingerprint density at radius 3 is 2.59 bits per heavy atom. The Kier molecular flexibility index (Phi) is 5.84. The number of fused-ring (bicyclic) bond motifs is 1. The minimum absolute atomic E-state index is 0.0428. The molecule has 1 fully saturated rings. The lowest BCUT2D eigenvalue weighted by molar-refractivity contribution is 0.0677. The number of aromatic nitrogens is 1. The molecule has 32 heavy (non-hydrogen) atoms. The summed E-state index contributed by atoms with van der Waals surface area (Å²) in [5.41, 5.74) is 2.00. The van der Waals surface area contributed by atoms with Gasteiger partial charge in [-0.15, -0.1) is 0 Å². The second-order valence-corrected chi connectivity index (χ2v) is 8.03. The summed E-state index contributed by atoms with van der Waals surface area (Å²) >= 11 is 0. The van der Waals surface area contributed by atoms with Gasteiger partial charge >= 0.3 is 6.09 Å². The van der Waals surface area contributed by atoms with Crippen LogP contribution in [0.1, 0.15) is 12.7 Å². The van der Waals surface area contributed by atoms with Crippen molar-refractivity contribution in [3.05, 3.63) is 46.6 Å². The summed E-state index contributed by atoms with van der Waals surface area (Å²) in [7, 11) is 4.87. The molecular formula is C23H27N3O6. The summed E-state index contributed by atoms with van der Waals surface area (Å²) in [6.07, 6.45) is 0.858. The molecule has 1 aliphatic rings. The van der Waals surface area contributed by atoms with Gasteiger partial charge in [-0.2, -0.15) is 0 Å². The van der Waals surface area contributed by atoms with Crippen LogP contribution in [-0.4, -0.2) is 65.5 Å². The van der Waals surface area contributed by atoms with Gasteiger partial charge in [0.25, 0.3) is 5.56 Å². The summed E-state index contributed by atoms with van der Waals surface area (Å²) in [6, 6.07) is 7.40. The lowest BCUT2D eigenvalue weighted by Gasteiger charge is -2.38. The Bertz CT molecular complexity index is 1210. The fraction of sp³-hybridized carbons (Fsp3) is 0.391. The molecule has 0 radical (unpaired) electrons. The zero-order valence-electron chi connectivity index (χ0n) is 18.6. The van der Waals surface area contributed by atoms with E-state index in [0.717, 1.165) is 11.1 Å². The van der Waals surface area contributed by atoms with Crippen LogP contribution in [0.25, 0.3) is 22.1 Å². The number of aryl methyl sites for hydroxylation is 1. The molecular weight excluding hydrogens is 414 g/mol. The van der Waals surface area contributed by atoms with Crippen molar-refractivity contribution >= 4 is 17.1 Å². The van der Waals surface area contributed by atoms with Crippen molar-refractivity contribution in [2.45, 2.75) is 19.5 Å². The van der Waals surface area contributed by atoms with E-state index in [4.69, 9.17) is 13.9 Å². The highest BCUT2D eigenvalue weighted by Crippen LogP contribution is 2.35. The Morgan fingerprint density at radius 1 is 1.19 bits per heavy atom.